The highest BCUT2D eigenvalue weighted by Gasteiger charge is 2.13. The van der Waals surface area contributed by atoms with Crippen LogP contribution in [0.15, 0.2) is 40.9 Å². The first-order valence-corrected chi connectivity index (χ1v) is 6.44. The van der Waals surface area contributed by atoms with Gasteiger partial charge >= 0.3 is 0 Å². The minimum absolute atomic E-state index is 0.0602. The van der Waals surface area contributed by atoms with Crippen LogP contribution in [-0.2, 0) is 11.2 Å². The van der Waals surface area contributed by atoms with Gasteiger partial charge in [0.1, 0.15) is 5.82 Å². The molecule has 1 amide bonds. The zero-order chi connectivity index (χ0) is 14.7. The van der Waals surface area contributed by atoms with E-state index in [4.69, 9.17) is 0 Å². The Morgan fingerprint density at radius 3 is 2.65 bits per heavy atom. The summed E-state index contributed by atoms with van der Waals surface area (Å²) in [6, 6.07) is 7.40. The summed E-state index contributed by atoms with van der Waals surface area (Å²) < 4.78 is 40.0. The molecular formula is C14H9BrF3NO. The van der Waals surface area contributed by atoms with Gasteiger partial charge in [-0.1, -0.05) is 12.1 Å². The first kappa shape index (κ1) is 14.6. The third-order valence-corrected chi connectivity index (χ3v) is 3.28. The van der Waals surface area contributed by atoms with Crippen LogP contribution in [-0.4, -0.2) is 5.91 Å². The van der Waals surface area contributed by atoms with Crippen molar-refractivity contribution in [2.45, 2.75) is 6.42 Å². The number of rotatable bonds is 3. The van der Waals surface area contributed by atoms with Crippen LogP contribution in [0.3, 0.4) is 0 Å². The molecule has 0 bridgehead atoms. The van der Waals surface area contributed by atoms with Gasteiger partial charge in [-0.2, -0.15) is 0 Å². The summed E-state index contributed by atoms with van der Waals surface area (Å²) in [5, 5.41) is 2.43. The third kappa shape index (κ3) is 3.39. The number of nitrogens with one attached hydrogen (secondary N) is 1. The molecule has 6 heteroatoms. The van der Waals surface area contributed by atoms with Crippen LogP contribution in [0, 0.1) is 17.5 Å². The van der Waals surface area contributed by atoms with Gasteiger partial charge in [-0.25, -0.2) is 13.2 Å². The molecule has 2 aromatic carbocycles. The molecule has 0 saturated heterocycles. The zero-order valence-electron chi connectivity index (χ0n) is 10.1. The van der Waals surface area contributed by atoms with Crippen LogP contribution < -0.4 is 5.32 Å². The average Bonchev–Trinajstić information content (AvgIpc) is 2.39. The summed E-state index contributed by atoms with van der Waals surface area (Å²) in [6.45, 7) is 0. The lowest BCUT2D eigenvalue weighted by molar-refractivity contribution is -0.115. The van der Waals surface area contributed by atoms with Gasteiger partial charge in [0, 0.05) is 10.0 Å². The molecular weight excluding hydrogens is 335 g/mol. The Morgan fingerprint density at radius 2 is 1.90 bits per heavy atom. The van der Waals surface area contributed by atoms with Crippen molar-refractivity contribution in [3.05, 3.63) is 63.9 Å². The van der Waals surface area contributed by atoms with E-state index in [0.29, 0.717) is 4.47 Å². The van der Waals surface area contributed by atoms with E-state index in [1.807, 2.05) is 0 Å². The number of halogens is 4. The van der Waals surface area contributed by atoms with Crippen molar-refractivity contribution >= 4 is 27.5 Å². The SMILES string of the molecule is O=C(Cc1cccc(F)c1F)Nc1cc(F)ccc1Br. The second-order valence-corrected chi connectivity index (χ2v) is 4.92. The molecule has 104 valence electrons. The van der Waals surface area contributed by atoms with E-state index in [2.05, 4.69) is 21.2 Å². The Bertz CT molecular complexity index is 655. The minimum Gasteiger partial charge on any atom is -0.325 e. The molecule has 0 aromatic heterocycles. The molecule has 1 N–H and O–H groups in total. The molecule has 0 aliphatic heterocycles. The van der Waals surface area contributed by atoms with E-state index in [-0.39, 0.29) is 17.7 Å². The monoisotopic (exact) mass is 343 g/mol. The molecule has 2 rings (SSSR count). The lowest BCUT2D eigenvalue weighted by Gasteiger charge is -2.08. The molecule has 0 aliphatic rings. The standard InChI is InChI=1S/C14H9BrF3NO/c15-10-5-4-9(16)7-12(10)19-13(20)6-8-2-1-3-11(17)14(8)18/h1-5,7H,6H2,(H,19,20). The number of carbonyl (C=O) groups is 1. The van der Waals surface area contributed by atoms with Crippen molar-refractivity contribution in [2.75, 3.05) is 5.32 Å². The first-order valence-electron chi connectivity index (χ1n) is 5.65. The number of benzene rings is 2. The summed E-state index contributed by atoms with van der Waals surface area (Å²) in [6.07, 6.45) is -0.341. The van der Waals surface area contributed by atoms with E-state index in [1.165, 1.54) is 24.3 Å². The van der Waals surface area contributed by atoms with Gasteiger partial charge in [0.25, 0.3) is 0 Å². The fourth-order valence-electron chi connectivity index (χ4n) is 1.65. The fraction of sp³-hybridized carbons (Fsp3) is 0.0714. The maximum absolute atomic E-state index is 13.4. The molecule has 0 saturated carbocycles. The van der Waals surface area contributed by atoms with Crippen LogP contribution in [0.2, 0.25) is 0 Å². The predicted octanol–water partition coefficient (Wildman–Crippen LogP) is 4.05. The highest BCUT2D eigenvalue weighted by atomic mass is 79.9. The second kappa shape index (κ2) is 6.09. The van der Waals surface area contributed by atoms with Gasteiger partial charge in [-0.05, 0) is 40.2 Å². The topological polar surface area (TPSA) is 29.1 Å². The maximum Gasteiger partial charge on any atom is 0.228 e. The highest BCUT2D eigenvalue weighted by molar-refractivity contribution is 9.10. The zero-order valence-corrected chi connectivity index (χ0v) is 11.7. The van der Waals surface area contributed by atoms with E-state index in [1.54, 1.807) is 0 Å². The molecule has 0 heterocycles. The van der Waals surface area contributed by atoms with Gasteiger partial charge in [0.15, 0.2) is 11.6 Å². The summed E-state index contributed by atoms with van der Waals surface area (Å²) in [4.78, 5) is 11.8. The van der Waals surface area contributed by atoms with Gasteiger partial charge < -0.3 is 5.32 Å². The second-order valence-electron chi connectivity index (χ2n) is 4.06. The number of hydrogen-bond donors (Lipinski definition) is 1. The number of hydrogen-bond acceptors (Lipinski definition) is 1. The maximum atomic E-state index is 13.4. The Kier molecular flexibility index (Phi) is 4.44. The molecule has 20 heavy (non-hydrogen) atoms. The number of amides is 1. The highest BCUT2D eigenvalue weighted by Crippen LogP contribution is 2.23. The van der Waals surface area contributed by atoms with Crippen molar-refractivity contribution in [3.63, 3.8) is 0 Å². The molecule has 0 radical (unpaired) electrons. The Balaban J connectivity index is 2.13. The Morgan fingerprint density at radius 1 is 1.15 bits per heavy atom. The predicted molar refractivity (Wildman–Crippen MR) is 72.8 cm³/mol. The number of anilines is 1. The fourth-order valence-corrected chi connectivity index (χ4v) is 1.99. The summed E-state index contributed by atoms with van der Waals surface area (Å²) in [7, 11) is 0. The average molecular weight is 344 g/mol. The van der Waals surface area contributed by atoms with Crippen LogP contribution in [0.5, 0.6) is 0 Å². The van der Waals surface area contributed by atoms with Crippen LogP contribution >= 0.6 is 15.9 Å². The lowest BCUT2D eigenvalue weighted by Crippen LogP contribution is -2.16. The van der Waals surface area contributed by atoms with Gasteiger partial charge in [-0.15, -0.1) is 0 Å². The Hall–Kier alpha value is -1.82. The Labute approximate surface area is 121 Å². The largest absolute Gasteiger partial charge is 0.325 e. The van der Waals surface area contributed by atoms with Gasteiger partial charge in [0.2, 0.25) is 5.91 Å². The molecule has 0 fully saturated rings. The molecule has 2 aromatic rings. The smallest absolute Gasteiger partial charge is 0.228 e. The minimum atomic E-state index is -1.05. The van der Waals surface area contributed by atoms with Crippen molar-refractivity contribution in [1.29, 1.82) is 0 Å². The molecule has 2 nitrogen and oxygen atoms in total. The molecule has 0 spiro atoms. The van der Waals surface area contributed by atoms with Crippen molar-refractivity contribution in [3.8, 4) is 0 Å². The molecule has 0 atom stereocenters. The lowest BCUT2D eigenvalue weighted by atomic mass is 10.1. The quantitative estimate of drug-likeness (QED) is 0.894. The summed E-state index contributed by atoms with van der Waals surface area (Å²) in [5.41, 5.74) is 0.168. The normalized spacial score (nSPS) is 10.4. The van der Waals surface area contributed by atoms with Crippen LogP contribution in [0.25, 0.3) is 0 Å². The van der Waals surface area contributed by atoms with E-state index in [0.717, 1.165) is 12.1 Å². The molecule has 0 aliphatic carbocycles. The van der Waals surface area contributed by atoms with Crippen molar-refractivity contribution < 1.29 is 18.0 Å². The summed E-state index contributed by atoms with van der Waals surface area (Å²) in [5.74, 6) is -3.15. The van der Waals surface area contributed by atoms with Crippen LogP contribution in [0.1, 0.15) is 5.56 Å². The van der Waals surface area contributed by atoms with Gasteiger partial charge in [0.05, 0.1) is 12.1 Å². The van der Waals surface area contributed by atoms with Crippen LogP contribution in [0.4, 0.5) is 18.9 Å². The van der Waals surface area contributed by atoms with Crippen molar-refractivity contribution in [2.24, 2.45) is 0 Å². The van der Waals surface area contributed by atoms with E-state index >= 15 is 0 Å². The van der Waals surface area contributed by atoms with Gasteiger partial charge in [-0.3, -0.25) is 4.79 Å². The molecule has 0 unspecified atom stereocenters. The van der Waals surface area contributed by atoms with E-state index < -0.39 is 23.4 Å². The number of carbonyl (C=O) groups excluding carboxylic acids is 1. The van der Waals surface area contributed by atoms with Crippen molar-refractivity contribution in [1.82, 2.24) is 0 Å². The van der Waals surface area contributed by atoms with E-state index in [9.17, 15) is 18.0 Å². The first-order chi connectivity index (χ1) is 9.47. The summed E-state index contributed by atoms with van der Waals surface area (Å²) >= 11 is 3.15. The third-order valence-electron chi connectivity index (χ3n) is 2.59.